The molecule has 0 radical (unpaired) electrons. The van der Waals surface area contributed by atoms with Crippen molar-refractivity contribution < 1.29 is 13.9 Å². The van der Waals surface area contributed by atoms with E-state index in [1.54, 1.807) is 0 Å². The lowest BCUT2D eigenvalue weighted by Crippen LogP contribution is -2.42. The third-order valence-corrected chi connectivity index (χ3v) is 3.13. The fourth-order valence-electron chi connectivity index (χ4n) is 2.08. The van der Waals surface area contributed by atoms with Crippen molar-refractivity contribution in [2.45, 2.75) is 69.8 Å². The van der Waals surface area contributed by atoms with Crippen molar-refractivity contribution in [3.63, 3.8) is 0 Å². The molecule has 1 rings (SSSR count). The van der Waals surface area contributed by atoms with Gasteiger partial charge in [-0.2, -0.15) is 0 Å². The second kappa shape index (κ2) is 5.06. The van der Waals surface area contributed by atoms with Crippen molar-refractivity contribution in [2.75, 3.05) is 0 Å². The Morgan fingerprint density at radius 3 is 2.71 bits per heavy atom. The summed E-state index contributed by atoms with van der Waals surface area (Å²) in [5.41, 5.74) is -1.66. The van der Waals surface area contributed by atoms with Crippen LogP contribution in [0.5, 0.6) is 0 Å². The van der Waals surface area contributed by atoms with Crippen LogP contribution in [0, 0.1) is 0 Å². The average molecular weight is 206 g/mol. The molecule has 0 amide bonds. The van der Waals surface area contributed by atoms with E-state index in [0.29, 0.717) is 12.8 Å². The van der Waals surface area contributed by atoms with E-state index in [1.165, 1.54) is 0 Å². The van der Waals surface area contributed by atoms with Crippen LogP contribution < -0.4 is 0 Å². The smallest absolute Gasteiger partial charge is 0.142 e. The molecule has 0 heterocycles. The van der Waals surface area contributed by atoms with Crippen LogP contribution in [0.25, 0.3) is 0 Å². The monoisotopic (exact) mass is 206 g/mol. The Kier molecular flexibility index (Phi) is 4.30. The van der Waals surface area contributed by atoms with Gasteiger partial charge in [-0.15, -0.1) is 0 Å². The normalized spacial score (nSPS) is 38.6. The van der Waals surface area contributed by atoms with Crippen LogP contribution in [0.15, 0.2) is 0 Å². The van der Waals surface area contributed by atoms with E-state index in [0.717, 1.165) is 19.3 Å². The fourth-order valence-corrected chi connectivity index (χ4v) is 2.08. The number of alkyl halides is 2. The Balaban J connectivity index is 2.38. The fraction of sp³-hybridized carbons (Fsp3) is 1.00. The third kappa shape index (κ3) is 2.91. The molecule has 0 spiro atoms. The summed E-state index contributed by atoms with van der Waals surface area (Å²) >= 11 is 0. The molecule has 1 saturated carbocycles. The molecule has 3 unspecified atom stereocenters. The molecular formula is C11H20F2O. The van der Waals surface area contributed by atoms with Crippen molar-refractivity contribution >= 4 is 0 Å². The summed E-state index contributed by atoms with van der Waals surface area (Å²) < 4.78 is 27.4. The number of hydrogen-bond donors (Lipinski definition) is 1. The van der Waals surface area contributed by atoms with Crippen molar-refractivity contribution in [2.24, 2.45) is 0 Å². The predicted octanol–water partition coefficient (Wildman–Crippen LogP) is 3.16. The van der Waals surface area contributed by atoms with Gasteiger partial charge in [0, 0.05) is 6.42 Å². The van der Waals surface area contributed by atoms with E-state index in [9.17, 15) is 13.9 Å². The van der Waals surface area contributed by atoms with Crippen LogP contribution in [0.1, 0.15) is 51.9 Å². The lowest BCUT2D eigenvalue weighted by atomic mass is 9.80. The molecule has 0 saturated heterocycles. The second-order valence-corrected chi connectivity index (χ2v) is 4.39. The van der Waals surface area contributed by atoms with Crippen LogP contribution >= 0.6 is 0 Å². The molecule has 84 valence electrons. The highest BCUT2D eigenvalue weighted by molar-refractivity contribution is 4.93. The maximum absolute atomic E-state index is 14.0. The van der Waals surface area contributed by atoms with Gasteiger partial charge in [-0.05, 0) is 19.3 Å². The van der Waals surface area contributed by atoms with Crippen LogP contribution in [0.2, 0.25) is 0 Å². The molecule has 14 heavy (non-hydrogen) atoms. The highest BCUT2D eigenvalue weighted by Gasteiger charge is 2.43. The van der Waals surface area contributed by atoms with Crippen molar-refractivity contribution in [1.29, 1.82) is 0 Å². The summed E-state index contributed by atoms with van der Waals surface area (Å²) in [5, 5.41) is 9.18. The first-order valence-electron chi connectivity index (χ1n) is 5.59. The minimum Gasteiger partial charge on any atom is -0.393 e. The first kappa shape index (κ1) is 11.9. The van der Waals surface area contributed by atoms with E-state index in [-0.39, 0.29) is 12.8 Å². The van der Waals surface area contributed by atoms with Gasteiger partial charge in [0.25, 0.3) is 0 Å². The number of rotatable bonds is 4. The molecule has 1 nitrogen and oxygen atoms in total. The molecule has 1 aliphatic rings. The predicted molar refractivity (Wildman–Crippen MR) is 52.7 cm³/mol. The summed E-state index contributed by atoms with van der Waals surface area (Å²) in [7, 11) is 0. The standard InChI is InChI=1S/C11H20F2O/c1-2-3-4-6-11(13)7-5-9(14)8-10(11)12/h9-10,14H,2-8H2,1H3. The van der Waals surface area contributed by atoms with Crippen LogP contribution in [-0.4, -0.2) is 23.1 Å². The van der Waals surface area contributed by atoms with E-state index in [1.807, 2.05) is 6.92 Å². The van der Waals surface area contributed by atoms with Gasteiger partial charge in [-0.3, -0.25) is 0 Å². The van der Waals surface area contributed by atoms with Crippen molar-refractivity contribution in [3.8, 4) is 0 Å². The Labute approximate surface area is 84.5 Å². The van der Waals surface area contributed by atoms with E-state index in [4.69, 9.17) is 0 Å². The van der Waals surface area contributed by atoms with E-state index < -0.39 is 17.9 Å². The number of aliphatic hydroxyl groups is 1. The molecular weight excluding hydrogens is 186 g/mol. The Bertz CT molecular complexity index is 175. The largest absolute Gasteiger partial charge is 0.393 e. The van der Waals surface area contributed by atoms with Gasteiger partial charge in [0.2, 0.25) is 0 Å². The maximum atomic E-state index is 14.0. The summed E-state index contributed by atoms with van der Waals surface area (Å²) in [4.78, 5) is 0. The number of unbranched alkanes of at least 4 members (excludes halogenated alkanes) is 2. The zero-order chi connectivity index (χ0) is 10.6. The van der Waals surface area contributed by atoms with E-state index in [2.05, 4.69) is 0 Å². The van der Waals surface area contributed by atoms with Gasteiger partial charge in [0.15, 0.2) is 0 Å². The molecule has 0 aliphatic heterocycles. The highest BCUT2D eigenvalue weighted by Crippen LogP contribution is 2.38. The molecule has 1 N–H and O–H groups in total. The number of halogens is 2. The molecule has 1 aliphatic carbocycles. The van der Waals surface area contributed by atoms with Gasteiger partial charge < -0.3 is 5.11 Å². The summed E-state index contributed by atoms with van der Waals surface area (Å²) in [6.07, 6.45) is 1.50. The maximum Gasteiger partial charge on any atom is 0.142 e. The Morgan fingerprint density at radius 1 is 1.43 bits per heavy atom. The topological polar surface area (TPSA) is 20.2 Å². The summed E-state index contributed by atoms with van der Waals surface area (Å²) in [5.74, 6) is 0. The van der Waals surface area contributed by atoms with E-state index >= 15 is 0 Å². The van der Waals surface area contributed by atoms with Crippen LogP contribution in [-0.2, 0) is 0 Å². The van der Waals surface area contributed by atoms with Crippen molar-refractivity contribution in [1.82, 2.24) is 0 Å². The summed E-state index contributed by atoms with van der Waals surface area (Å²) in [6.45, 7) is 2.04. The Hall–Kier alpha value is -0.180. The van der Waals surface area contributed by atoms with Gasteiger partial charge in [0.05, 0.1) is 6.10 Å². The lowest BCUT2D eigenvalue weighted by Gasteiger charge is -2.35. The molecule has 0 aromatic carbocycles. The quantitative estimate of drug-likeness (QED) is 0.700. The molecule has 1 fully saturated rings. The van der Waals surface area contributed by atoms with Gasteiger partial charge in [-0.1, -0.05) is 26.2 Å². The molecule has 0 aromatic heterocycles. The zero-order valence-corrected chi connectivity index (χ0v) is 8.81. The van der Waals surface area contributed by atoms with Crippen LogP contribution in [0.3, 0.4) is 0 Å². The average Bonchev–Trinajstić information content (AvgIpc) is 2.13. The highest BCUT2D eigenvalue weighted by atomic mass is 19.2. The number of hydrogen-bond acceptors (Lipinski definition) is 1. The first-order valence-corrected chi connectivity index (χ1v) is 5.59. The Morgan fingerprint density at radius 2 is 2.14 bits per heavy atom. The molecule has 3 atom stereocenters. The third-order valence-electron chi connectivity index (χ3n) is 3.13. The second-order valence-electron chi connectivity index (χ2n) is 4.39. The minimum atomic E-state index is -1.66. The van der Waals surface area contributed by atoms with Gasteiger partial charge in [-0.25, -0.2) is 8.78 Å². The molecule has 0 aromatic rings. The van der Waals surface area contributed by atoms with Gasteiger partial charge >= 0.3 is 0 Å². The molecule has 3 heteroatoms. The minimum absolute atomic E-state index is 0.0252. The number of aliphatic hydroxyl groups excluding tert-OH is 1. The first-order chi connectivity index (χ1) is 6.58. The van der Waals surface area contributed by atoms with Gasteiger partial charge in [0.1, 0.15) is 11.8 Å². The summed E-state index contributed by atoms with van der Waals surface area (Å²) in [6, 6.07) is 0. The molecule has 0 bridgehead atoms. The van der Waals surface area contributed by atoms with Crippen molar-refractivity contribution in [3.05, 3.63) is 0 Å². The van der Waals surface area contributed by atoms with Crippen LogP contribution in [0.4, 0.5) is 8.78 Å². The zero-order valence-electron chi connectivity index (χ0n) is 8.81. The SMILES string of the molecule is CCCCCC1(F)CCC(O)CC1F. The lowest BCUT2D eigenvalue weighted by molar-refractivity contribution is -0.0421.